The summed E-state index contributed by atoms with van der Waals surface area (Å²) in [4.78, 5) is 4.45. The molecular formula is C19H18F3NO. The quantitative estimate of drug-likeness (QED) is 0.716. The number of aliphatic imine (C=N–C) groups is 1. The number of halogens is 3. The van der Waals surface area contributed by atoms with Crippen LogP contribution in [0.25, 0.3) is 0 Å². The molecule has 1 heterocycles. The van der Waals surface area contributed by atoms with Gasteiger partial charge in [0.15, 0.2) is 0 Å². The van der Waals surface area contributed by atoms with Gasteiger partial charge in [0.05, 0.1) is 12.1 Å². The number of para-hydroxylation sites is 1. The predicted octanol–water partition coefficient (Wildman–Crippen LogP) is 5.60. The standard InChI is InChI=1S/C19H18F3NO/c1-13(2)18(12-19(20,21)22)15-10-6-7-11-16(15)23-17(24-18)14-8-4-3-5-9-14/h3-11,13H,12H2,1-2H3. The molecular weight excluding hydrogens is 315 g/mol. The van der Waals surface area contributed by atoms with E-state index in [1.165, 1.54) is 0 Å². The minimum absolute atomic E-state index is 0.229. The Morgan fingerprint density at radius 2 is 1.62 bits per heavy atom. The predicted molar refractivity (Wildman–Crippen MR) is 87.4 cm³/mol. The minimum atomic E-state index is -4.35. The van der Waals surface area contributed by atoms with Crippen LogP contribution in [0.1, 0.15) is 31.4 Å². The summed E-state index contributed by atoms with van der Waals surface area (Å²) in [5, 5.41) is 0. The molecule has 0 amide bonds. The number of alkyl halides is 3. The zero-order valence-corrected chi connectivity index (χ0v) is 13.5. The third-order valence-corrected chi connectivity index (χ3v) is 4.28. The van der Waals surface area contributed by atoms with Crippen LogP contribution in [-0.4, -0.2) is 12.1 Å². The van der Waals surface area contributed by atoms with Crippen molar-refractivity contribution in [2.24, 2.45) is 10.9 Å². The second-order valence-electron chi connectivity index (χ2n) is 6.24. The van der Waals surface area contributed by atoms with Gasteiger partial charge in [-0.25, -0.2) is 4.99 Å². The van der Waals surface area contributed by atoms with Gasteiger partial charge in [0.2, 0.25) is 5.90 Å². The minimum Gasteiger partial charge on any atom is -0.465 e. The van der Waals surface area contributed by atoms with Crippen LogP contribution in [0.2, 0.25) is 0 Å². The summed E-state index contributed by atoms with van der Waals surface area (Å²) in [5.41, 5.74) is 0.193. The molecule has 0 saturated heterocycles. The molecule has 0 bridgehead atoms. The Bertz CT molecular complexity index is 753. The molecule has 24 heavy (non-hydrogen) atoms. The molecule has 1 aliphatic rings. The molecule has 0 aliphatic carbocycles. The highest BCUT2D eigenvalue weighted by Gasteiger charge is 2.51. The van der Waals surface area contributed by atoms with E-state index in [9.17, 15) is 13.2 Å². The molecule has 5 heteroatoms. The van der Waals surface area contributed by atoms with Gasteiger partial charge < -0.3 is 4.74 Å². The fraction of sp³-hybridized carbons (Fsp3) is 0.316. The highest BCUT2D eigenvalue weighted by atomic mass is 19.4. The number of fused-ring (bicyclic) bond motifs is 1. The first-order valence-electron chi connectivity index (χ1n) is 7.81. The molecule has 1 atom stereocenters. The molecule has 2 nitrogen and oxygen atoms in total. The Morgan fingerprint density at radius 1 is 1.00 bits per heavy atom. The topological polar surface area (TPSA) is 21.6 Å². The average Bonchev–Trinajstić information content (AvgIpc) is 2.54. The summed E-state index contributed by atoms with van der Waals surface area (Å²) in [7, 11) is 0. The van der Waals surface area contributed by atoms with Gasteiger partial charge in [0.1, 0.15) is 5.60 Å². The van der Waals surface area contributed by atoms with E-state index in [0.29, 0.717) is 16.8 Å². The van der Waals surface area contributed by atoms with Crippen LogP contribution in [0.5, 0.6) is 0 Å². The van der Waals surface area contributed by atoms with Gasteiger partial charge in [-0.3, -0.25) is 0 Å². The third kappa shape index (κ3) is 3.03. The van der Waals surface area contributed by atoms with Crippen molar-refractivity contribution in [2.75, 3.05) is 0 Å². The van der Waals surface area contributed by atoms with E-state index in [1.807, 2.05) is 18.2 Å². The second kappa shape index (κ2) is 5.96. The average molecular weight is 333 g/mol. The van der Waals surface area contributed by atoms with Gasteiger partial charge in [-0.1, -0.05) is 50.2 Å². The molecule has 0 fully saturated rings. The Morgan fingerprint density at radius 3 is 2.25 bits per heavy atom. The zero-order chi connectivity index (χ0) is 17.4. The largest absolute Gasteiger partial charge is 0.465 e. The van der Waals surface area contributed by atoms with E-state index < -0.39 is 18.2 Å². The van der Waals surface area contributed by atoms with Crippen molar-refractivity contribution in [3.63, 3.8) is 0 Å². The van der Waals surface area contributed by atoms with E-state index in [-0.39, 0.29) is 11.8 Å². The van der Waals surface area contributed by atoms with Crippen LogP contribution in [0.4, 0.5) is 18.9 Å². The lowest BCUT2D eigenvalue weighted by atomic mass is 9.78. The third-order valence-electron chi connectivity index (χ3n) is 4.28. The first-order valence-corrected chi connectivity index (χ1v) is 7.81. The Balaban J connectivity index is 2.18. The van der Waals surface area contributed by atoms with Crippen molar-refractivity contribution in [3.05, 3.63) is 65.7 Å². The van der Waals surface area contributed by atoms with E-state index in [0.717, 1.165) is 0 Å². The maximum atomic E-state index is 13.3. The first kappa shape index (κ1) is 16.6. The van der Waals surface area contributed by atoms with E-state index in [2.05, 4.69) is 4.99 Å². The molecule has 0 radical (unpaired) electrons. The van der Waals surface area contributed by atoms with Crippen LogP contribution < -0.4 is 0 Å². The SMILES string of the molecule is CC(C)C1(CC(F)(F)F)OC(c2ccccc2)=Nc2ccccc21. The number of rotatable bonds is 3. The van der Waals surface area contributed by atoms with Crippen molar-refractivity contribution in [2.45, 2.75) is 32.0 Å². The van der Waals surface area contributed by atoms with Crippen molar-refractivity contribution in [3.8, 4) is 0 Å². The fourth-order valence-electron chi connectivity index (χ4n) is 3.05. The lowest BCUT2D eigenvalue weighted by molar-refractivity contribution is -0.185. The normalized spacial score (nSPS) is 20.3. The van der Waals surface area contributed by atoms with Gasteiger partial charge in [0.25, 0.3) is 0 Å². The molecule has 0 aromatic heterocycles. The maximum absolute atomic E-state index is 13.3. The van der Waals surface area contributed by atoms with Gasteiger partial charge >= 0.3 is 6.18 Å². The van der Waals surface area contributed by atoms with Crippen LogP contribution in [0.3, 0.4) is 0 Å². The molecule has 3 rings (SSSR count). The maximum Gasteiger partial charge on any atom is 0.393 e. The van der Waals surface area contributed by atoms with Crippen molar-refractivity contribution >= 4 is 11.6 Å². The monoisotopic (exact) mass is 333 g/mol. The highest BCUT2D eigenvalue weighted by molar-refractivity contribution is 5.97. The van der Waals surface area contributed by atoms with E-state index >= 15 is 0 Å². The lowest BCUT2D eigenvalue weighted by Gasteiger charge is -2.42. The van der Waals surface area contributed by atoms with E-state index in [4.69, 9.17) is 4.74 Å². The molecule has 0 N–H and O–H groups in total. The fourth-order valence-corrected chi connectivity index (χ4v) is 3.05. The number of nitrogens with zero attached hydrogens (tertiary/aromatic N) is 1. The molecule has 0 spiro atoms. The van der Waals surface area contributed by atoms with Gasteiger partial charge in [-0.15, -0.1) is 0 Å². The van der Waals surface area contributed by atoms with Crippen molar-refractivity contribution in [1.82, 2.24) is 0 Å². The number of hydrogen-bond acceptors (Lipinski definition) is 2. The summed E-state index contributed by atoms with van der Waals surface area (Å²) in [6, 6.07) is 15.9. The van der Waals surface area contributed by atoms with E-state index in [1.54, 1.807) is 50.2 Å². The van der Waals surface area contributed by atoms with Gasteiger partial charge in [-0.05, 0) is 24.1 Å². The number of benzene rings is 2. The molecule has 126 valence electrons. The summed E-state index contributed by atoms with van der Waals surface area (Å²) in [5.74, 6) is -0.151. The summed E-state index contributed by atoms with van der Waals surface area (Å²) in [6.07, 6.45) is -5.41. The Hall–Kier alpha value is -2.30. The number of ether oxygens (including phenoxy) is 1. The van der Waals surface area contributed by atoms with Crippen LogP contribution in [0, 0.1) is 5.92 Å². The van der Waals surface area contributed by atoms with Crippen molar-refractivity contribution < 1.29 is 17.9 Å². The summed E-state index contributed by atoms with van der Waals surface area (Å²) in [6.45, 7) is 3.49. The first-order chi connectivity index (χ1) is 11.3. The molecule has 1 aliphatic heterocycles. The zero-order valence-electron chi connectivity index (χ0n) is 13.5. The summed E-state index contributed by atoms with van der Waals surface area (Å²) < 4.78 is 46.0. The molecule has 2 aromatic rings. The number of hydrogen-bond donors (Lipinski definition) is 0. The smallest absolute Gasteiger partial charge is 0.393 e. The molecule has 2 aromatic carbocycles. The van der Waals surface area contributed by atoms with Gasteiger partial charge in [-0.2, -0.15) is 13.2 Å². The van der Waals surface area contributed by atoms with Crippen LogP contribution in [0.15, 0.2) is 59.6 Å². The summed E-state index contributed by atoms with van der Waals surface area (Å²) >= 11 is 0. The Labute approximate surface area is 139 Å². The Kier molecular flexibility index (Phi) is 4.11. The van der Waals surface area contributed by atoms with Crippen molar-refractivity contribution in [1.29, 1.82) is 0 Å². The molecule has 0 saturated carbocycles. The lowest BCUT2D eigenvalue weighted by Crippen LogP contribution is -2.43. The second-order valence-corrected chi connectivity index (χ2v) is 6.24. The highest BCUT2D eigenvalue weighted by Crippen LogP contribution is 2.49. The van der Waals surface area contributed by atoms with Crippen LogP contribution in [-0.2, 0) is 10.3 Å². The van der Waals surface area contributed by atoms with Gasteiger partial charge in [0, 0.05) is 11.1 Å². The molecule has 1 unspecified atom stereocenters. The van der Waals surface area contributed by atoms with Crippen LogP contribution >= 0.6 is 0 Å².